The number of allylic oxidation sites excluding steroid dienone is 1. The molecule has 5 heteroatoms. The zero-order valence-corrected chi connectivity index (χ0v) is 15.7. The van der Waals surface area contributed by atoms with Crippen LogP contribution in [0, 0.1) is 0 Å². The topological polar surface area (TPSA) is 49.4 Å². The summed E-state index contributed by atoms with van der Waals surface area (Å²) in [6.45, 7) is 3.81. The van der Waals surface area contributed by atoms with Crippen molar-refractivity contribution in [1.29, 1.82) is 0 Å². The van der Waals surface area contributed by atoms with E-state index in [1.54, 1.807) is 11.8 Å². The molecule has 0 saturated carbocycles. The van der Waals surface area contributed by atoms with Crippen molar-refractivity contribution in [1.82, 2.24) is 10.2 Å². The van der Waals surface area contributed by atoms with Crippen molar-refractivity contribution >= 4 is 27.7 Å². The lowest BCUT2D eigenvalue weighted by Crippen LogP contribution is -2.47. The number of hydrogen-bond donors (Lipinski definition) is 1. The Morgan fingerprint density at radius 3 is 2.36 bits per heavy atom. The van der Waals surface area contributed by atoms with Gasteiger partial charge in [-0.15, -0.1) is 0 Å². The summed E-state index contributed by atoms with van der Waals surface area (Å²) in [4.78, 5) is 26.6. The zero-order chi connectivity index (χ0) is 18.0. The highest BCUT2D eigenvalue weighted by atomic mass is 79.9. The molecule has 0 radical (unpaired) electrons. The Kier molecular flexibility index (Phi) is 5.04. The summed E-state index contributed by atoms with van der Waals surface area (Å²) in [6.07, 6.45) is 0. The molecular weight excluding hydrogens is 380 g/mol. The van der Waals surface area contributed by atoms with Gasteiger partial charge < -0.3 is 5.32 Å². The van der Waals surface area contributed by atoms with Gasteiger partial charge in [0.05, 0.1) is 12.6 Å². The largest absolute Gasteiger partial charge is 0.327 e. The molecule has 2 aromatic carbocycles. The molecule has 1 heterocycles. The lowest BCUT2D eigenvalue weighted by atomic mass is 9.92. The molecule has 2 aromatic rings. The second kappa shape index (κ2) is 7.23. The van der Waals surface area contributed by atoms with E-state index < -0.39 is 6.04 Å². The molecule has 4 nitrogen and oxygen atoms in total. The molecule has 1 atom stereocenters. The van der Waals surface area contributed by atoms with Gasteiger partial charge in [-0.05, 0) is 37.1 Å². The first kappa shape index (κ1) is 17.4. The van der Waals surface area contributed by atoms with Crippen LogP contribution in [0.15, 0.2) is 70.3 Å². The molecule has 0 bridgehead atoms. The summed E-state index contributed by atoms with van der Waals surface area (Å²) in [6, 6.07) is 16.8. The maximum Gasteiger partial charge on any atom is 0.322 e. The molecule has 0 fully saturated rings. The van der Waals surface area contributed by atoms with Gasteiger partial charge in [0.1, 0.15) is 0 Å². The number of urea groups is 1. The van der Waals surface area contributed by atoms with E-state index in [-0.39, 0.29) is 11.8 Å². The minimum atomic E-state index is -0.426. The first-order valence-electron chi connectivity index (χ1n) is 8.06. The van der Waals surface area contributed by atoms with Gasteiger partial charge in [0.15, 0.2) is 5.78 Å². The van der Waals surface area contributed by atoms with E-state index in [4.69, 9.17) is 0 Å². The lowest BCUT2D eigenvalue weighted by Gasteiger charge is -2.35. The summed E-state index contributed by atoms with van der Waals surface area (Å²) in [5, 5.41) is 2.98. The van der Waals surface area contributed by atoms with E-state index in [9.17, 15) is 9.59 Å². The van der Waals surface area contributed by atoms with Crippen molar-refractivity contribution in [3.63, 3.8) is 0 Å². The zero-order valence-electron chi connectivity index (χ0n) is 14.1. The number of ketones is 1. The number of rotatable bonds is 4. The minimum absolute atomic E-state index is 0.0384. The molecule has 0 saturated heterocycles. The van der Waals surface area contributed by atoms with E-state index in [2.05, 4.69) is 21.2 Å². The minimum Gasteiger partial charge on any atom is -0.327 e. The number of Topliss-reactive ketones (excluding diaryl/α,β-unsaturated/α-hetero) is 1. The molecule has 0 unspecified atom stereocenters. The number of benzene rings is 2. The number of carbonyl (C=O) groups is 2. The molecule has 1 aliphatic rings. The standard InChI is InChI=1S/C20H19BrN2O2/c1-13-18(14(2)24)19(16-8-10-17(21)11-9-16)22-20(25)23(13)12-15-6-4-3-5-7-15/h3-11,19H,12H2,1-2H3,(H,22,25)/t19-/m0/s1. The van der Waals surface area contributed by atoms with Gasteiger partial charge >= 0.3 is 6.03 Å². The van der Waals surface area contributed by atoms with E-state index >= 15 is 0 Å². The van der Waals surface area contributed by atoms with Gasteiger partial charge in [-0.2, -0.15) is 0 Å². The van der Waals surface area contributed by atoms with Crippen molar-refractivity contribution in [2.24, 2.45) is 0 Å². The average Bonchev–Trinajstić information content (AvgIpc) is 2.59. The highest BCUT2D eigenvalue weighted by molar-refractivity contribution is 9.10. The predicted molar refractivity (Wildman–Crippen MR) is 101 cm³/mol. The molecule has 0 spiro atoms. The lowest BCUT2D eigenvalue weighted by molar-refractivity contribution is -0.114. The maximum atomic E-state index is 12.7. The van der Waals surface area contributed by atoms with Crippen molar-refractivity contribution in [2.45, 2.75) is 26.4 Å². The Labute approximate surface area is 155 Å². The van der Waals surface area contributed by atoms with Crippen LogP contribution in [0.3, 0.4) is 0 Å². The number of carbonyl (C=O) groups excluding carboxylic acids is 2. The summed E-state index contributed by atoms with van der Waals surface area (Å²) in [5.41, 5.74) is 3.23. The second-order valence-electron chi connectivity index (χ2n) is 6.06. The van der Waals surface area contributed by atoms with Gasteiger partial charge in [0.2, 0.25) is 0 Å². The van der Waals surface area contributed by atoms with Crippen molar-refractivity contribution < 1.29 is 9.59 Å². The van der Waals surface area contributed by atoms with Crippen molar-refractivity contribution in [3.8, 4) is 0 Å². The normalized spacial score (nSPS) is 17.5. The van der Waals surface area contributed by atoms with E-state index in [0.29, 0.717) is 17.8 Å². The monoisotopic (exact) mass is 398 g/mol. The molecule has 128 valence electrons. The fraction of sp³-hybridized carbons (Fsp3) is 0.200. The third kappa shape index (κ3) is 3.66. The van der Waals surface area contributed by atoms with Crippen LogP contribution in [0.4, 0.5) is 4.79 Å². The molecule has 25 heavy (non-hydrogen) atoms. The highest BCUT2D eigenvalue weighted by Gasteiger charge is 2.33. The predicted octanol–water partition coefficient (Wildman–Crippen LogP) is 4.58. The Bertz CT molecular complexity index is 829. The molecular formula is C20H19BrN2O2. The smallest absolute Gasteiger partial charge is 0.322 e. The van der Waals surface area contributed by atoms with Gasteiger partial charge in [-0.25, -0.2) is 4.79 Å². The SMILES string of the molecule is CC(=O)C1=C(C)N(Cc2ccccc2)C(=O)N[C@H]1c1ccc(Br)cc1. The number of nitrogens with zero attached hydrogens (tertiary/aromatic N) is 1. The maximum absolute atomic E-state index is 12.7. The fourth-order valence-electron chi connectivity index (χ4n) is 3.10. The van der Waals surface area contributed by atoms with Crippen LogP contribution < -0.4 is 5.32 Å². The Hall–Kier alpha value is -2.40. The summed E-state index contributed by atoms with van der Waals surface area (Å²) in [7, 11) is 0. The van der Waals surface area contributed by atoms with Crippen LogP contribution in [-0.2, 0) is 11.3 Å². The summed E-state index contributed by atoms with van der Waals surface area (Å²) < 4.78 is 0.953. The molecule has 2 amide bonds. The van der Waals surface area contributed by atoms with Crippen LogP contribution in [0.1, 0.15) is 31.0 Å². The first-order valence-corrected chi connectivity index (χ1v) is 8.86. The number of halogens is 1. The first-order chi connectivity index (χ1) is 12.0. The molecule has 0 aliphatic carbocycles. The molecule has 0 aromatic heterocycles. The third-order valence-corrected chi connectivity index (χ3v) is 4.89. The Morgan fingerprint density at radius 1 is 1.12 bits per heavy atom. The van der Waals surface area contributed by atoms with Gasteiger partial charge in [0.25, 0.3) is 0 Å². The van der Waals surface area contributed by atoms with Crippen LogP contribution in [0.5, 0.6) is 0 Å². The Balaban J connectivity index is 2.00. The van der Waals surface area contributed by atoms with E-state index in [0.717, 1.165) is 15.6 Å². The highest BCUT2D eigenvalue weighted by Crippen LogP contribution is 2.32. The molecule has 3 rings (SSSR count). The van der Waals surface area contributed by atoms with E-state index in [1.165, 1.54) is 0 Å². The number of amides is 2. The van der Waals surface area contributed by atoms with Crippen molar-refractivity contribution in [2.75, 3.05) is 0 Å². The van der Waals surface area contributed by atoms with Crippen LogP contribution >= 0.6 is 15.9 Å². The van der Waals surface area contributed by atoms with Gasteiger partial charge in [-0.3, -0.25) is 9.69 Å². The number of nitrogens with one attached hydrogen (secondary N) is 1. The summed E-state index contributed by atoms with van der Waals surface area (Å²) >= 11 is 3.41. The quantitative estimate of drug-likeness (QED) is 0.819. The third-order valence-electron chi connectivity index (χ3n) is 4.36. The van der Waals surface area contributed by atoms with Crippen molar-refractivity contribution in [3.05, 3.63) is 81.5 Å². The van der Waals surface area contributed by atoms with E-state index in [1.807, 2.05) is 61.5 Å². The summed E-state index contributed by atoms with van der Waals surface area (Å²) in [5.74, 6) is -0.0384. The van der Waals surface area contributed by atoms with Crippen LogP contribution in [-0.4, -0.2) is 16.7 Å². The van der Waals surface area contributed by atoms with Gasteiger partial charge in [0, 0.05) is 15.7 Å². The molecule has 1 N–H and O–H groups in total. The fourth-order valence-corrected chi connectivity index (χ4v) is 3.36. The second-order valence-corrected chi connectivity index (χ2v) is 6.98. The number of hydrogen-bond acceptors (Lipinski definition) is 2. The van der Waals surface area contributed by atoms with Crippen LogP contribution in [0.2, 0.25) is 0 Å². The van der Waals surface area contributed by atoms with Crippen LogP contribution in [0.25, 0.3) is 0 Å². The Morgan fingerprint density at radius 2 is 1.76 bits per heavy atom. The average molecular weight is 399 g/mol. The molecule has 1 aliphatic heterocycles. The van der Waals surface area contributed by atoms with Gasteiger partial charge in [-0.1, -0.05) is 58.4 Å².